The normalized spacial score (nSPS) is 11.5. The number of nitro benzene ring substituents is 1. The standard InChI is InChI=1S/C12H17ClN2O2/c1-3-12(14,4-2)8-9-5-6-10(15(16)17)7-11(9)13/h5-7H,3-4,8,14H2,1-2H3. The zero-order chi connectivity index (χ0) is 13.1. The Bertz CT molecular complexity index is 417. The Kier molecular flexibility index (Phi) is 4.48. The van der Waals surface area contributed by atoms with Gasteiger partial charge in [-0.3, -0.25) is 10.1 Å². The summed E-state index contributed by atoms with van der Waals surface area (Å²) in [5.41, 5.74) is 6.78. The van der Waals surface area contributed by atoms with E-state index >= 15 is 0 Å². The van der Waals surface area contributed by atoms with E-state index in [0.29, 0.717) is 11.4 Å². The summed E-state index contributed by atoms with van der Waals surface area (Å²) in [5.74, 6) is 0. The van der Waals surface area contributed by atoms with E-state index in [1.165, 1.54) is 12.1 Å². The molecule has 0 heterocycles. The third-order valence-corrected chi connectivity index (χ3v) is 3.55. The molecule has 0 amide bonds. The largest absolute Gasteiger partial charge is 0.325 e. The van der Waals surface area contributed by atoms with Crippen LogP contribution in [0, 0.1) is 10.1 Å². The molecule has 0 spiro atoms. The highest BCUT2D eigenvalue weighted by atomic mass is 35.5. The molecule has 17 heavy (non-hydrogen) atoms. The third-order valence-electron chi connectivity index (χ3n) is 3.20. The van der Waals surface area contributed by atoms with E-state index in [2.05, 4.69) is 0 Å². The van der Waals surface area contributed by atoms with Crippen molar-refractivity contribution in [3.05, 3.63) is 38.9 Å². The van der Waals surface area contributed by atoms with Gasteiger partial charge in [0.2, 0.25) is 0 Å². The Morgan fingerprint density at radius 2 is 2.00 bits per heavy atom. The lowest BCUT2D eigenvalue weighted by molar-refractivity contribution is -0.384. The zero-order valence-electron chi connectivity index (χ0n) is 10.1. The van der Waals surface area contributed by atoms with Crippen molar-refractivity contribution in [2.75, 3.05) is 0 Å². The van der Waals surface area contributed by atoms with Crippen LogP contribution in [0.2, 0.25) is 5.02 Å². The van der Waals surface area contributed by atoms with Crippen LogP contribution in [0.5, 0.6) is 0 Å². The van der Waals surface area contributed by atoms with E-state index in [0.717, 1.165) is 18.4 Å². The van der Waals surface area contributed by atoms with Gasteiger partial charge in [0, 0.05) is 17.7 Å². The average Bonchev–Trinajstić information content (AvgIpc) is 2.31. The first kappa shape index (κ1) is 13.9. The van der Waals surface area contributed by atoms with Crippen LogP contribution in [-0.4, -0.2) is 10.5 Å². The molecule has 1 aromatic carbocycles. The molecule has 0 radical (unpaired) electrons. The van der Waals surface area contributed by atoms with Crippen LogP contribution < -0.4 is 5.73 Å². The first-order valence-electron chi connectivity index (χ1n) is 5.63. The Morgan fingerprint density at radius 3 is 2.41 bits per heavy atom. The van der Waals surface area contributed by atoms with Crippen LogP contribution in [0.25, 0.3) is 0 Å². The molecule has 4 nitrogen and oxygen atoms in total. The molecule has 1 aromatic rings. The maximum atomic E-state index is 10.6. The van der Waals surface area contributed by atoms with Crippen molar-refractivity contribution in [2.24, 2.45) is 5.73 Å². The highest BCUT2D eigenvalue weighted by Crippen LogP contribution is 2.27. The number of hydrogen-bond acceptors (Lipinski definition) is 3. The van der Waals surface area contributed by atoms with E-state index in [9.17, 15) is 10.1 Å². The van der Waals surface area contributed by atoms with Crippen molar-refractivity contribution in [3.63, 3.8) is 0 Å². The molecule has 0 saturated carbocycles. The van der Waals surface area contributed by atoms with E-state index in [4.69, 9.17) is 17.3 Å². The molecule has 1 rings (SSSR count). The van der Waals surface area contributed by atoms with Gasteiger partial charge in [-0.05, 0) is 24.8 Å². The number of halogens is 1. The van der Waals surface area contributed by atoms with Crippen molar-refractivity contribution < 1.29 is 4.92 Å². The number of nitrogens with zero attached hydrogens (tertiary/aromatic N) is 1. The Balaban J connectivity index is 2.97. The lowest BCUT2D eigenvalue weighted by Gasteiger charge is -2.27. The topological polar surface area (TPSA) is 69.2 Å². The molecular weight excluding hydrogens is 240 g/mol. The molecule has 0 aliphatic heterocycles. The summed E-state index contributed by atoms with van der Waals surface area (Å²) in [6.07, 6.45) is 2.32. The van der Waals surface area contributed by atoms with Gasteiger partial charge in [0.1, 0.15) is 0 Å². The van der Waals surface area contributed by atoms with Crippen molar-refractivity contribution in [1.82, 2.24) is 0 Å². The van der Waals surface area contributed by atoms with Gasteiger partial charge in [-0.2, -0.15) is 0 Å². The number of benzene rings is 1. The Labute approximate surface area is 106 Å². The van der Waals surface area contributed by atoms with Gasteiger partial charge in [-0.1, -0.05) is 31.5 Å². The number of nitrogens with two attached hydrogens (primary N) is 1. The van der Waals surface area contributed by atoms with Crippen LogP contribution in [0.4, 0.5) is 5.69 Å². The van der Waals surface area contributed by atoms with Gasteiger partial charge in [0.15, 0.2) is 0 Å². The molecule has 2 N–H and O–H groups in total. The summed E-state index contributed by atoms with van der Waals surface area (Å²) in [6, 6.07) is 4.53. The van der Waals surface area contributed by atoms with Gasteiger partial charge < -0.3 is 5.73 Å². The molecule has 0 atom stereocenters. The summed E-state index contributed by atoms with van der Waals surface area (Å²) in [7, 11) is 0. The minimum absolute atomic E-state index is 0.00867. The van der Waals surface area contributed by atoms with E-state index in [-0.39, 0.29) is 11.2 Å². The van der Waals surface area contributed by atoms with E-state index in [1.807, 2.05) is 13.8 Å². The summed E-state index contributed by atoms with van der Waals surface area (Å²) in [5, 5.41) is 11.0. The van der Waals surface area contributed by atoms with Gasteiger partial charge in [-0.15, -0.1) is 0 Å². The van der Waals surface area contributed by atoms with Crippen molar-refractivity contribution in [2.45, 2.75) is 38.6 Å². The predicted molar refractivity (Wildman–Crippen MR) is 69.3 cm³/mol. The summed E-state index contributed by atoms with van der Waals surface area (Å²) < 4.78 is 0. The minimum atomic E-state index is -0.453. The molecular formula is C12H17ClN2O2. The second-order valence-electron chi connectivity index (χ2n) is 4.28. The smallest absolute Gasteiger partial charge is 0.270 e. The van der Waals surface area contributed by atoms with Crippen LogP contribution >= 0.6 is 11.6 Å². The Hall–Kier alpha value is -1.13. The maximum Gasteiger partial charge on any atom is 0.270 e. The van der Waals surface area contributed by atoms with Crippen LogP contribution in [0.15, 0.2) is 18.2 Å². The molecule has 0 bridgehead atoms. The van der Waals surface area contributed by atoms with E-state index in [1.54, 1.807) is 6.07 Å². The monoisotopic (exact) mass is 256 g/mol. The van der Waals surface area contributed by atoms with Gasteiger partial charge in [0.05, 0.1) is 9.95 Å². The first-order chi connectivity index (χ1) is 7.91. The van der Waals surface area contributed by atoms with Crippen molar-refractivity contribution in [1.29, 1.82) is 0 Å². The molecule has 0 aliphatic carbocycles. The van der Waals surface area contributed by atoms with Crippen molar-refractivity contribution in [3.8, 4) is 0 Å². The van der Waals surface area contributed by atoms with Crippen molar-refractivity contribution >= 4 is 17.3 Å². The average molecular weight is 257 g/mol. The fourth-order valence-corrected chi connectivity index (χ4v) is 1.91. The molecule has 0 fully saturated rings. The quantitative estimate of drug-likeness (QED) is 0.649. The van der Waals surface area contributed by atoms with Gasteiger partial charge >= 0.3 is 0 Å². The van der Waals surface area contributed by atoms with Crippen LogP contribution in [0.1, 0.15) is 32.3 Å². The number of nitro groups is 1. The SMILES string of the molecule is CCC(N)(CC)Cc1ccc([N+](=O)[O-])cc1Cl. The van der Waals surface area contributed by atoms with Gasteiger partial charge in [-0.25, -0.2) is 0 Å². The molecule has 0 aromatic heterocycles. The lowest BCUT2D eigenvalue weighted by atomic mass is 9.87. The lowest BCUT2D eigenvalue weighted by Crippen LogP contribution is -2.40. The number of rotatable bonds is 5. The highest BCUT2D eigenvalue weighted by molar-refractivity contribution is 6.31. The first-order valence-corrected chi connectivity index (χ1v) is 6.01. The summed E-state index contributed by atoms with van der Waals surface area (Å²) in [6.45, 7) is 4.06. The van der Waals surface area contributed by atoms with Crippen LogP contribution in [-0.2, 0) is 6.42 Å². The second kappa shape index (κ2) is 5.47. The maximum absolute atomic E-state index is 10.6. The number of hydrogen-bond donors (Lipinski definition) is 1. The van der Waals surface area contributed by atoms with E-state index < -0.39 is 4.92 Å². The molecule has 0 aliphatic rings. The second-order valence-corrected chi connectivity index (χ2v) is 4.69. The predicted octanol–water partition coefficient (Wildman–Crippen LogP) is 3.31. The minimum Gasteiger partial charge on any atom is -0.325 e. The zero-order valence-corrected chi connectivity index (χ0v) is 10.8. The summed E-state index contributed by atoms with van der Waals surface area (Å²) >= 11 is 6.03. The Morgan fingerprint density at radius 1 is 1.41 bits per heavy atom. The molecule has 0 unspecified atom stereocenters. The molecule has 0 saturated heterocycles. The summed E-state index contributed by atoms with van der Waals surface area (Å²) in [4.78, 5) is 10.1. The number of non-ortho nitro benzene ring substituents is 1. The third kappa shape index (κ3) is 3.41. The fourth-order valence-electron chi connectivity index (χ4n) is 1.67. The fraction of sp³-hybridized carbons (Fsp3) is 0.500. The van der Waals surface area contributed by atoms with Crippen LogP contribution in [0.3, 0.4) is 0 Å². The molecule has 5 heteroatoms. The van der Waals surface area contributed by atoms with Gasteiger partial charge in [0.25, 0.3) is 5.69 Å². The molecule has 94 valence electrons. The highest BCUT2D eigenvalue weighted by Gasteiger charge is 2.22.